The van der Waals surface area contributed by atoms with Gasteiger partial charge in [-0.2, -0.15) is 0 Å². The Morgan fingerprint density at radius 3 is 2.62 bits per heavy atom. The number of hydrogen-bond acceptors (Lipinski definition) is 4. The van der Waals surface area contributed by atoms with Crippen molar-refractivity contribution in [1.82, 2.24) is 15.2 Å². The standard InChI is InChI=1S/C18H21N3O2S/c22-17(20-10-5-16-2-1-13-24-16)14-6-11-21(12-7-14)18(23)15-3-8-19-9-4-15/h1-4,8-9,13-14H,5-7,10-12H2,(H,20,22). The van der Waals surface area contributed by atoms with Gasteiger partial charge in [0, 0.05) is 48.4 Å². The Labute approximate surface area is 145 Å². The summed E-state index contributed by atoms with van der Waals surface area (Å²) in [6.07, 6.45) is 5.58. The summed E-state index contributed by atoms with van der Waals surface area (Å²) in [5.74, 6) is 0.145. The first kappa shape index (κ1) is 16.6. The smallest absolute Gasteiger partial charge is 0.253 e. The van der Waals surface area contributed by atoms with Gasteiger partial charge in [-0.3, -0.25) is 14.6 Å². The molecule has 1 fully saturated rings. The summed E-state index contributed by atoms with van der Waals surface area (Å²) in [6.45, 7) is 1.93. The van der Waals surface area contributed by atoms with Gasteiger partial charge in [0.05, 0.1) is 0 Å². The molecule has 2 amide bonds. The van der Waals surface area contributed by atoms with Gasteiger partial charge in [-0.1, -0.05) is 6.07 Å². The molecule has 6 heteroatoms. The zero-order valence-corrected chi connectivity index (χ0v) is 14.3. The van der Waals surface area contributed by atoms with E-state index < -0.39 is 0 Å². The van der Waals surface area contributed by atoms with Crippen LogP contribution in [0.4, 0.5) is 0 Å². The SMILES string of the molecule is O=C(NCCc1cccs1)C1CCN(C(=O)c2ccncc2)CC1. The lowest BCUT2D eigenvalue weighted by Gasteiger charge is -2.31. The van der Waals surface area contributed by atoms with Crippen LogP contribution in [0.15, 0.2) is 42.0 Å². The van der Waals surface area contributed by atoms with Gasteiger partial charge >= 0.3 is 0 Å². The molecule has 2 aromatic rings. The molecule has 0 radical (unpaired) electrons. The van der Waals surface area contributed by atoms with Crippen molar-refractivity contribution in [2.24, 2.45) is 5.92 Å². The van der Waals surface area contributed by atoms with Crippen LogP contribution < -0.4 is 5.32 Å². The number of carbonyl (C=O) groups is 2. The maximum atomic E-state index is 12.4. The van der Waals surface area contributed by atoms with Crippen LogP contribution in [0.25, 0.3) is 0 Å². The van der Waals surface area contributed by atoms with Crippen molar-refractivity contribution in [2.45, 2.75) is 19.3 Å². The van der Waals surface area contributed by atoms with Crippen molar-refractivity contribution in [3.8, 4) is 0 Å². The second-order valence-electron chi connectivity index (χ2n) is 5.92. The highest BCUT2D eigenvalue weighted by atomic mass is 32.1. The van der Waals surface area contributed by atoms with E-state index in [-0.39, 0.29) is 17.7 Å². The molecule has 0 bridgehead atoms. The van der Waals surface area contributed by atoms with Crippen LogP contribution in [-0.2, 0) is 11.2 Å². The number of nitrogens with zero attached hydrogens (tertiary/aromatic N) is 2. The summed E-state index contributed by atoms with van der Waals surface area (Å²) in [6, 6.07) is 7.56. The molecule has 1 aliphatic rings. The maximum Gasteiger partial charge on any atom is 0.253 e. The van der Waals surface area contributed by atoms with Crippen molar-refractivity contribution >= 4 is 23.2 Å². The third-order valence-electron chi connectivity index (χ3n) is 4.33. The van der Waals surface area contributed by atoms with E-state index in [9.17, 15) is 9.59 Å². The van der Waals surface area contributed by atoms with Gasteiger partial charge in [-0.05, 0) is 42.8 Å². The average Bonchev–Trinajstić information content (AvgIpc) is 3.15. The molecule has 0 atom stereocenters. The number of aromatic nitrogens is 1. The molecule has 1 N–H and O–H groups in total. The molecule has 2 aromatic heterocycles. The highest BCUT2D eigenvalue weighted by Crippen LogP contribution is 2.19. The van der Waals surface area contributed by atoms with E-state index in [1.54, 1.807) is 35.9 Å². The predicted octanol–water partition coefficient (Wildman–Crippen LogP) is 2.35. The van der Waals surface area contributed by atoms with Crippen LogP contribution in [0.1, 0.15) is 28.1 Å². The van der Waals surface area contributed by atoms with Gasteiger partial charge in [0.15, 0.2) is 0 Å². The summed E-state index contributed by atoms with van der Waals surface area (Å²) < 4.78 is 0. The van der Waals surface area contributed by atoms with Crippen molar-refractivity contribution in [3.05, 3.63) is 52.5 Å². The fraction of sp³-hybridized carbons (Fsp3) is 0.389. The van der Waals surface area contributed by atoms with Crippen LogP contribution in [0.5, 0.6) is 0 Å². The minimum absolute atomic E-state index is 0.00910. The molecule has 0 aromatic carbocycles. The van der Waals surface area contributed by atoms with E-state index in [1.165, 1.54) is 4.88 Å². The van der Waals surface area contributed by atoms with Gasteiger partial charge in [0.2, 0.25) is 5.91 Å². The second-order valence-corrected chi connectivity index (χ2v) is 6.95. The summed E-state index contributed by atoms with van der Waals surface area (Å²) >= 11 is 1.71. The number of rotatable bonds is 5. The number of piperidine rings is 1. The van der Waals surface area contributed by atoms with Crippen molar-refractivity contribution in [3.63, 3.8) is 0 Å². The van der Waals surface area contributed by atoms with E-state index >= 15 is 0 Å². The molecule has 0 saturated carbocycles. The minimum atomic E-state index is 0.00910. The number of amides is 2. The first-order valence-electron chi connectivity index (χ1n) is 8.23. The summed E-state index contributed by atoms with van der Waals surface area (Å²) in [7, 11) is 0. The van der Waals surface area contributed by atoms with E-state index in [0.29, 0.717) is 25.2 Å². The topological polar surface area (TPSA) is 62.3 Å². The fourth-order valence-corrected chi connectivity index (χ4v) is 3.64. The first-order chi connectivity index (χ1) is 11.7. The Morgan fingerprint density at radius 2 is 1.96 bits per heavy atom. The third-order valence-corrected chi connectivity index (χ3v) is 5.27. The second kappa shape index (κ2) is 8.06. The number of pyridine rings is 1. The quantitative estimate of drug-likeness (QED) is 0.906. The molecule has 0 aliphatic carbocycles. The molecule has 1 saturated heterocycles. The minimum Gasteiger partial charge on any atom is -0.355 e. The van der Waals surface area contributed by atoms with E-state index in [1.807, 2.05) is 16.3 Å². The van der Waals surface area contributed by atoms with Crippen LogP contribution in [-0.4, -0.2) is 41.3 Å². The Hall–Kier alpha value is -2.21. The van der Waals surface area contributed by atoms with Crippen molar-refractivity contribution in [1.29, 1.82) is 0 Å². The van der Waals surface area contributed by atoms with Crippen LogP contribution >= 0.6 is 11.3 Å². The largest absolute Gasteiger partial charge is 0.355 e. The Balaban J connectivity index is 1.43. The van der Waals surface area contributed by atoms with Crippen molar-refractivity contribution < 1.29 is 9.59 Å². The van der Waals surface area contributed by atoms with Crippen LogP contribution in [0.3, 0.4) is 0 Å². The molecule has 24 heavy (non-hydrogen) atoms. The molecule has 1 aliphatic heterocycles. The molecular weight excluding hydrogens is 322 g/mol. The van der Waals surface area contributed by atoms with E-state index in [4.69, 9.17) is 0 Å². The number of carbonyl (C=O) groups excluding carboxylic acids is 2. The Morgan fingerprint density at radius 1 is 1.21 bits per heavy atom. The van der Waals surface area contributed by atoms with E-state index in [2.05, 4.69) is 16.4 Å². The zero-order valence-electron chi connectivity index (χ0n) is 13.5. The lowest BCUT2D eigenvalue weighted by atomic mass is 9.95. The highest BCUT2D eigenvalue weighted by molar-refractivity contribution is 7.09. The molecule has 0 unspecified atom stereocenters. The maximum absolute atomic E-state index is 12.4. The van der Waals surface area contributed by atoms with Gasteiger partial charge in [-0.25, -0.2) is 0 Å². The normalized spacial score (nSPS) is 15.2. The number of hydrogen-bond donors (Lipinski definition) is 1. The average molecular weight is 343 g/mol. The summed E-state index contributed by atoms with van der Waals surface area (Å²) in [5, 5.41) is 5.07. The van der Waals surface area contributed by atoms with Gasteiger partial charge in [-0.15, -0.1) is 11.3 Å². The third kappa shape index (κ3) is 4.20. The van der Waals surface area contributed by atoms with Gasteiger partial charge < -0.3 is 10.2 Å². The molecule has 126 valence electrons. The van der Waals surface area contributed by atoms with Gasteiger partial charge in [0.25, 0.3) is 5.91 Å². The highest BCUT2D eigenvalue weighted by Gasteiger charge is 2.27. The molecular formula is C18H21N3O2S. The molecule has 3 rings (SSSR count). The number of thiophene rings is 1. The zero-order chi connectivity index (χ0) is 16.8. The number of nitrogens with one attached hydrogen (secondary N) is 1. The molecule has 3 heterocycles. The lowest BCUT2D eigenvalue weighted by Crippen LogP contribution is -2.43. The fourth-order valence-electron chi connectivity index (χ4n) is 2.93. The summed E-state index contributed by atoms with van der Waals surface area (Å²) in [5.41, 5.74) is 0.656. The number of likely N-dealkylation sites (tertiary alicyclic amines) is 1. The summed E-state index contributed by atoms with van der Waals surface area (Å²) in [4.78, 5) is 31.7. The Kier molecular flexibility index (Phi) is 5.59. The Bertz CT molecular complexity index is 665. The first-order valence-corrected chi connectivity index (χ1v) is 9.11. The lowest BCUT2D eigenvalue weighted by molar-refractivity contribution is -0.126. The van der Waals surface area contributed by atoms with E-state index in [0.717, 1.165) is 19.3 Å². The molecule has 5 nitrogen and oxygen atoms in total. The van der Waals surface area contributed by atoms with Crippen LogP contribution in [0.2, 0.25) is 0 Å². The van der Waals surface area contributed by atoms with Gasteiger partial charge in [0.1, 0.15) is 0 Å². The molecule has 0 spiro atoms. The monoisotopic (exact) mass is 343 g/mol. The van der Waals surface area contributed by atoms with Crippen LogP contribution in [0, 0.1) is 5.92 Å². The van der Waals surface area contributed by atoms with Crippen molar-refractivity contribution in [2.75, 3.05) is 19.6 Å². The predicted molar refractivity (Wildman–Crippen MR) is 93.9 cm³/mol.